The molecule has 0 aliphatic heterocycles. The molecule has 2 aromatic heterocycles. The Kier molecular flexibility index (Phi) is 3.96. The third kappa shape index (κ3) is 3.28. The fraction of sp³-hybridized carbons (Fsp3) is 0.133. The van der Waals surface area contributed by atoms with Gasteiger partial charge in [-0.25, -0.2) is 0 Å². The molecule has 0 unspecified atom stereocenters. The average molecular weight is 346 g/mol. The first kappa shape index (κ1) is 13.8. The Morgan fingerprint density at radius 3 is 2.76 bits per heavy atom. The van der Waals surface area contributed by atoms with Crippen LogP contribution in [0, 0.1) is 6.92 Å². The average Bonchev–Trinajstić information content (AvgIpc) is 2.96. The molecule has 21 heavy (non-hydrogen) atoms. The Bertz CT molecular complexity index is 744. The van der Waals surface area contributed by atoms with Gasteiger partial charge in [0.05, 0.1) is 0 Å². The minimum absolute atomic E-state index is 0.237. The van der Waals surface area contributed by atoms with E-state index in [9.17, 15) is 0 Å². The van der Waals surface area contributed by atoms with Crippen LogP contribution in [-0.4, -0.2) is 15.1 Å². The van der Waals surface area contributed by atoms with Crippen molar-refractivity contribution < 1.29 is 9.26 Å². The molecular formula is C15H12BrN3O2. The van der Waals surface area contributed by atoms with Gasteiger partial charge in [0.1, 0.15) is 5.75 Å². The van der Waals surface area contributed by atoms with Gasteiger partial charge in [0, 0.05) is 22.4 Å². The number of hydrogen-bond acceptors (Lipinski definition) is 5. The largest absolute Gasteiger partial charge is 0.483 e. The third-order valence-corrected chi connectivity index (χ3v) is 3.39. The van der Waals surface area contributed by atoms with Crippen molar-refractivity contribution >= 4 is 15.9 Å². The highest BCUT2D eigenvalue weighted by Gasteiger charge is 2.09. The van der Waals surface area contributed by atoms with E-state index in [1.165, 1.54) is 0 Å². The summed E-state index contributed by atoms with van der Waals surface area (Å²) in [5.41, 5.74) is 1.90. The molecule has 2 heterocycles. The van der Waals surface area contributed by atoms with E-state index in [1.807, 2.05) is 37.3 Å². The van der Waals surface area contributed by atoms with Crippen LogP contribution in [0.2, 0.25) is 0 Å². The standard InChI is InChI=1S/C15H12BrN3O2/c1-10-8-12(16)2-3-13(10)20-9-14-18-15(19-21-14)11-4-6-17-7-5-11/h2-8H,9H2,1H3. The second-order valence-corrected chi connectivity index (χ2v) is 5.36. The number of benzene rings is 1. The highest BCUT2D eigenvalue weighted by atomic mass is 79.9. The van der Waals surface area contributed by atoms with Gasteiger partial charge >= 0.3 is 0 Å². The van der Waals surface area contributed by atoms with E-state index in [4.69, 9.17) is 9.26 Å². The molecule has 0 aliphatic rings. The molecule has 106 valence electrons. The molecule has 0 N–H and O–H groups in total. The van der Waals surface area contributed by atoms with Crippen LogP contribution in [0.15, 0.2) is 51.7 Å². The molecule has 0 amide bonds. The summed E-state index contributed by atoms with van der Waals surface area (Å²) in [4.78, 5) is 8.26. The molecule has 3 rings (SSSR count). The van der Waals surface area contributed by atoms with Gasteiger partial charge in [-0.1, -0.05) is 21.1 Å². The maximum absolute atomic E-state index is 5.70. The zero-order valence-electron chi connectivity index (χ0n) is 11.3. The summed E-state index contributed by atoms with van der Waals surface area (Å²) in [6.45, 7) is 2.22. The Labute approximate surface area is 130 Å². The molecule has 0 aliphatic carbocycles. The summed E-state index contributed by atoms with van der Waals surface area (Å²) < 4.78 is 11.9. The molecule has 0 saturated heterocycles. The number of aryl methyl sites for hydroxylation is 1. The van der Waals surface area contributed by atoms with Crippen LogP contribution < -0.4 is 4.74 Å². The minimum atomic E-state index is 0.237. The number of halogens is 1. The molecule has 0 bridgehead atoms. The van der Waals surface area contributed by atoms with Crippen LogP contribution in [0.4, 0.5) is 0 Å². The van der Waals surface area contributed by atoms with E-state index in [0.29, 0.717) is 11.7 Å². The summed E-state index contributed by atoms with van der Waals surface area (Å²) in [6.07, 6.45) is 3.38. The van der Waals surface area contributed by atoms with Crippen LogP contribution in [0.5, 0.6) is 5.75 Å². The monoisotopic (exact) mass is 345 g/mol. The van der Waals surface area contributed by atoms with E-state index < -0.39 is 0 Å². The highest BCUT2D eigenvalue weighted by Crippen LogP contribution is 2.23. The lowest BCUT2D eigenvalue weighted by Gasteiger charge is -2.06. The molecule has 0 saturated carbocycles. The maximum Gasteiger partial charge on any atom is 0.264 e. The number of rotatable bonds is 4. The molecule has 6 heteroatoms. The first-order valence-corrected chi connectivity index (χ1v) is 7.13. The predicted octanol–water partition coefficient (Wildman–Crippen LogP) is 3.78. The quantitative estimate of drug-likeness (QED) is 0.719. The fourth-order valence-corrected chi connectivity index (χ4v) is 2.32. The van der Waals surface area contributed by atoms with Gasteiger partial charge in [-0.15, -0.1) is 0 Å². The van der Waals surface area contributed by atoms with Crippen molar-refractivity contribution in [1.29, 1.82) is 0 Å². The molecule has 0 spiro atoms. The van der Waals surface area contributed by atoms with Gasteiger partial charge in [-0.2, -0.15) is 4.98 Å². The zero-order valence-corrected chi connectivity index (χ0v) is 12.9. The number of nitrogens with zero attached hydrogens (tertiary/aromatic N) is 3. The lowest BCUT2D eigenvalue weighted by Crippen LogP contribution is -1.97. The van der Waals surface area contributed by atoms with Gasteiger partial charge < -0.3 is 9.26 Å². The third-order valence-electron chi connectivity index (χ3n) is 2.89. The van der Waals surface area contributed by atoms with E-state index in [1.54, 1.807) is 12.4 Å². The number of pyridine rings is 1. The Balaban J connectivity index is 1.70. The van der Waals surface area contributed by atoms with E-state index >= 15 is 0 Å². The zero-order chi connectivity index (χ0) is 14.7. The van der Waals surface area contributed by atoms with Crippen LogP contribution in [0.3, 0.4) is 0 Å². The Morgan fingerprint density at radius 1 is 1.19 bits per heavy atom. The number of hydrogen-bond donors (Lipinski definition) is 0. The summed E-state index contributed by atoms with van der Waals surface area (Å²) in [7, 11) is 0. The summed E-state index contributed by atoms with van der Waals surface area (Å²) >= 11 is 3.42. The number of ether oxygens (including phenoxy) is 1. The summed E-state index contributed by atoms with van der Waals surface area (Å²) in [5, 5.41) is 3.93. The van der Waals surface area contributed by atoms with Crippen LogP contribution in [0.1, 0.15) is 11.5 Å². The fourth-order valence-electron chi connectivity index (χ4n) is 1.85. The van der Waals surface area contributed by atoms with Crippen molar-refractivity contribution in [3.05, 3.63) is 58.7 Å². The van der Waals surface area contributed by atoms with E-state index in [-0.39, 0.29) is 6.61 Å². The van der Waals surface area contributed by atoms with Crippen molar-refractivity contribution in [3.8, 4) is 17.1 Å². The van der Waals surface area contributed by atoms with Gasteiger partial charge in [-0.05, 0) is 42.8 Å². The van der Waals surface area contributed by atoms with E-state index in [0.717, 1.165) is 21.3 Å². The molecule has 5 nitrogen and oxygen atoms in total. The molecule has 3 aromatic rings. The lowest BCUT2D eigenvalue weighted by atomic mass is 10.2. The van der Waals surface area contributed by atoms with Crippen molar-refractivity contribution in [2.24, 2.45) is 0 Å². The van der Waals surface area contributed by atoms with Crippen LogP contribution in [0.25, 0.3) is 11.4 Å². The molecule has 1 aromatic carbocycles. The highest BCUT2D eigenvalue weighted by molar-refractivity contribution is 9.10. The number of aromatic nitrogens is 3. The Morgan fingerprint density at radius 2 is 2.00 bits per heavy atom. The summed E-state index contributed by atoms with van der Waals surface area (Å²) in [5.74, 6) is 1.76. The molecular weight excluding hydrogens is 334 g/mol. The van der Waals surface area contributed by atoms with Crippen LogP contribution in [-0.2, 0) is 6.61 Å². The Hall–Kier alpha value is -2.21. The smallest absolute Gasteiger partial charge is 0.264 e. The molecule has 0 fully saturated rings. The van der Waals surface area contributed by atoms with Gasteiger partial charge in [-0.3, -0.25) is 4.98 Å². The van der Waals surface area contributed by atoms with Crippen molar-refractivity contribution in [2.75, 3.05) is 0 Å². The van der Waals surface area contributed by atoms with E-state index in [2.05, 4.69) is 31.1 Å². The SMILES string of the molecule is Cc1cc(Br)ccc1OCc1nc(-c2ccncc2)no1. The second-order valence-electron chi connectivity index (χ2n) is 4.45. The van der Waals surface area contributed by atoms with Crippen LogP contribution >= 0.6 is 15.9 Å². The van der Waals surface area contributed by atoms with Gasteiger partial charge in [0.2, 0.25) is 5.82 Å². The topological polar surface area (TPSA) is 61.0 Å². The molecule has 0 radical (unpaired) electrons. The normalized spacial score (nSPS) is 10.6. The van der Waals surface area contributed by atoms with Gasteiger partial charge in [0.25, 0.3) is 5.89 Å². The maximum atomic E-state index is 5.70. The van der Waals surface area contributed by atoms with Crippen molar-refractivity contribution in [3.63, 3.8) is 0 Å². The van der Waals surface area contributed by atoms with Crippen molar-refractivity contribution in [2.45, 2.75) is 13.5 Å². The predicted molar refractivity (Wildman–Crippen MR) is 80.7 cm³/mol. The van der Waals surface area contributed by atoms with Crippen molar-refractivity contribution in [1.82, 2.24) is 15.1 Å². The first-order valence-electron chi connectivity index (χ1n) is 6.34. The minimum Gasteiger partial charge on any atom is -0.483 e. The second kappa shape index (κ2) is 6.05. The van der Waals surface area contributed by atoms with Gasteiger partial charge in [0.15, 0.2) is 6.61 Å². The summed E-state index contributed by atoms with van der Waals surface area (Å²) in [6, 6.07) is 9.48. The first-order chi connectivity index (χ1) is 10.2. The lowest BCUT2D eigenvalue weighted by molar-refractivity contribution is 0.241. The molecule has 0 atom stereocenters.